The number of hydrogen-bond acceptors (Lipinski definition) is 4. The number of carbonyl (C=O) groups is 1. The minimum atomic E-state index is -0.787. The molecule has 1 aliphatic heterocycles. The summed E-state index contributed by atoms with van der Waals surface area (Å²) in [5, 5.41) is 9.08. The maximum absolute atomic E-state index is 11.0. The van der Waals surface area contributed by atoms with Gasteiger partial charge < -0.3 is 9.84 Å². The van der Waals surface area contributed by atoms with E-state index in [4.69, 9.17) is 9.84 Å². The third kappa shape index (κ3) is 2.81. The molecule has 0 saturated carbocycles. The standard InChI is InChI=1S/C12H16N2O3/c1-14(6-9-3-2-4-13-5-9)11-8-17-7-10(11)12(15)16/h2-5,10-11H,6-8H2,1H3,(H,15,16). The number of aromatic nitrogens is 1. The number of carboxylic acid groups (broad SMARTS) is 1. The molecule has 0 amide bonds. The third-order valence-corrected chi connectivity index (χ3v) is 3.09. The Balaban J connectivity index is 2.00. The highest BCUT2D eigenvalue weighted by Crippen LogP contribution is 2.20. The number of carboxylic acids is 1. The van der Waals surface area contributed by atoms with E-state index in [0.717, 1.165) is 5.56 Å². The van der Waals surface area contributed by atoms with Gasteiger partial charge in [0.2, 0.25) is 0 Å². The van der Waals surface area contributed by atoms with Crippen molar-refractivity contribution in [1.82, 2.24) is 9.88 Å². The van der Waals surface area contributed by atoms with Crippen LogP contribution in [0.15, 0.2) is 24.5 Å². The molecule has 0 aromatic carbocycles. The molecular weight excluding hydrogens is 220 g/mol. The van der Waals surface area contributed by atoms with E-state index in [-0.39, 0.29) is 6.04 Å². The fourth-order valence-electron chi connectivity index (χ4n) is 2.11. The first-order valence-corrected chi connectivity index (χ1v) is 5.58. The Hall–Kier alpha value is -1.46. The van der Waals surface area contributed by atoms with E-state index >= 15 is 0 Å². The van der Waals surface area contributed by atoms with Crippen molar-refractivity contribution in [2.75, 3.05) is 20.3 Å². The zero-order valence-electron chi connectivity index (χ0n) is 9.74. The minimum absolute atomic E-state index is 0.0623. The van der Waals surface area contributed by atoms with Gasteiger partial charge in [-0.3, -0.25) is 14.7 Å². The molecular formula is C12H16N2O3. The van der Waals surface area contributed by atoms with Gasteiger partial charge in [0, 0.05) is 25.0 Å². The average Bonchev–Trinajstić information content (AvgIpc) is 2.79. The smallest absolute Gasteiger partial charge is 0.310 e. The lowest BCUT2D eigenvalue weighted by Crippen LogP contribution is -2.40. The van der Waals surface area contributed by atoms with Crippen LogP contribution in [0.5, 0.6) is 0 Å². The predicted molar refractivity (Wildman–Crippen MR) is 61.4 cm³/mol. The van der Waals surface area contributed by atoms with Crippen molar-refractivity contribution in [2.24, 2.45) is 5.92 Å². The van der Waals surface area contributed by atoms with E-state index in [9.17, 15) is 4.79 Å². The first-order chi connectivity index (χ1) is 8.18. The molecule has 0 radical (unpaired) electrons. The molecule has 1 fully saturated rings. The Labute approximate surface area is 100 Å². The van der Waals surface area contributed by atoms with Crippen LogP contribution in [-0.2, 0) is 16.1 Å². The summed E-state index contributed by atoms with van der Waals surface area (Å²) in [6, 6.07) is 3.80. The number of ether oxygens (including phenoxy) is 1. The zero-order valence-corrected chi connectivity index (χ0v) is 9.74. The topological polar surface area (TPSA) is 62.7 Å². The lowest BCUT2D eigenvalue weighted by atomic mass is 10.0. The van der Waals surface area contributed by atoms with Crippen molar-refractivity contribution in [3.05, 3.63) is 30.1 Å². The van der Waals surface area contributed by atoms with Crippen molar-refractivity contribution >= 4 is 5.97 Å². The molecule has 1 aromatic heterocycles. The molecule has 1 saturated heterocycles. The van der Waals surface area contributed by atoms with Gasteiger partial charge in [-0.15, -0.1) is 0 Å². The lowest BCUT2D eigenvalue weighted by Gasteiger charge is -2.25. The van der Waals surface area contributed by atoms with Gasteiger partial charge >= 0.3 is 5.97 Å². The second-order valence-corrected chi connectivity index (χ2v) is 4.33. The van der Waals surface area contributed by atoms with E-state index in [1.165, 1.54) is 0 Å². The molecule has 0 bridgehead atoms. The van der Waals surface area contributed by atoms with Crippen LogP contribution in [0.3, 0.4) is 0 Å². The van der Waals surface area contributed by atoms with Crippen LogP contribution in [0.25, 0.3) is 0 Å². The molecule has 1 aromatic rings. The molecule has 5 nitrogen and oxygen atoms in total. The first kappa shape index (κ1) is 12.0. The molecule has 2 heterocycles. The zero-order chi connectivity index (χ0) is 12.3. The van der Waals surface area contributed by atoms with Gasteiger partial charge in [-0.05, 0) is 18.7 Å². The van der Waals surface area contributed by atoms with Crippen LogP contribution in [0, 0.1) is 5.92 Å². The molecule has 2 rings (SSSR count). The Morgan fingerprint density at radius 2 is 2.47 bits per heavy atom. The van der Waals surface area contributed by atoms with Crippen LogP contribution in [-0.4, -0.2) is 47.3 Å². The second-order valence-electron chi connectivity index (χ2n) is 4.33. The van der Waals surface area contributed by atoms with E-state index in [1.807, 2.05) is 24.1 Å². The van der Waals surface area contributed by atoms with Crippen molar-refractivity contribution in [1.29, 1.82) is 0 Å². The SMILES string of the molecule is CN(Cc1cccnc1)C1COCC1C(=O)O. The van der Waals surface area contributed by atoms with Crippen molar-refractivity contribution in [2.45, 2.75) is 12.6 Å². The first-order valence-electron chi connectivity index (χ1n) is 5.58. The van der Waals surface area contributed by atoms with Crippen LogP contribution in [0.4, 0.5) is 0 Å². The van der Waals surface area contributed by atoms with Crippen LogP contribution < -0.4 is 0 Å². The highest BCUT2D eigenvalue weighted by Gasteiger charge is 2.36. The van der Waals surface area contributed by atoms with Crippen molar-refractivity contribution < 1.29 is 14.6 Å². The summed E-state index contributed by atoms with van der Waals surface area (Å²) in [6.07, 6.45) is 3.52. The lowest BCUT2D eigenvalue weighted by molar-refractivity contribution is -0.143. The van der Waals surface area contributed by atoms with E-state index in [1.54, 1.807) is 12.4 Å². The molecule has 92 valence electrons. The monoisotopic (exact) mass is 236 g/mol. The van der Waals surface area contributed by atoms with Gasteiger partial charge in [-0.25, -0.2) is 0 Å². The molecule has 2 unspecified atom stereocenters. The van der Waals surface area contributed by atoms with Gasteiger partial charge in [0.15, 0.2) is 0 Å². The number of nitrogens with zero attached hydrogens (tertiary/aromatic N) is 2. The van der Waals surface area contributed by atoms with Gasteiger partial charge in [0.05, 0.1) is 19.1 Å². The van der Waals surface area contributed by atoms with Crippen molar-refractivity contribution in [3.63, 3.8) is 0 Å². The van der Waals surface area contributed by atoms with Gasteiger partial charge in [0.25, 0.3) is 0 Å². The summed E-state index contributed by atoms with van der Waals surface area (Å²) in [7, 11) is 1.92. The molecule has 2 atom stereocenters. The fraction of sp³-hybridized carbons (Fsp3) is 0.500. The Morgan fingerprint density at radius 3 is 3.12 bits per heavy atom. The molecule has 0 spiro atoms. The third-order valence-electron chi connectivity index (χ3n) is 3.09. The molecule has 1 aliphatic rings. The number of hydrogen-bond donors (Lipinski definition) is 1. The average molecular weight is 236 g/mol. The summed E-state index contributed by atoms with van der Waals surface area (Å²) in [5.74, 6) is -1.22. The molecule has 17 heavy (non-hydrogen) atoms. The normalized spacial score (nSPS) is 24.1. The maximum atomic E-state index is 11.0. The van der Waals surface area contributed by atoms with Crippen LogP contribution in [0.2, 0.25) is 0 Å². The minimum Gasteiger partial charge on any atom is -0.481 e. The van der Waals surface area contributed by atoms with Crippen LogP contribution in [0.1, 0.15) is 5.56 Å². The van der Waals surface area contributed by atoms with Crippen molar-refractivity contribution in [3.8, 4) is 0 Å². The van der Waals surface area contributed by atoms with E-state index in [2.05, 4.69) is 4.98 Å². The highest BCUT2D eigenvalue weighted by molar-refractivity contribution is 5.71. The largest absolute Gasteiger partial charge is 0.481 e. The summed E-state index contributed by atoms with van der Waals surface area (Å²) in [4.78, 5) is 17.1. The second kappa shape index (κ2) is 5.25. The maximum Gasteiger partial charge on any atom is 0.310 e. The van der Waals surface area contributed by atoms with Crippen LogP contribution >= 0.6 is 0 Å². The molecule has 0 aliphatic carbocycles. The van der Waals surface area contributed by atoms with Gasteiger partial charge in [0.1, 0.15) is 0 Å². The van der Waals surface area contributed by atoms with Gasteiger partial charge in [-0.2, -0.15) is 0 Å². The predicted octanol–water partition coefficient (Wildman–Crippen LogP) is 0.613. The fourth-order valence-corrected chi connectivity index (χ4v) is 2.11. The number of pyridine rings is 1. The molecule has 1 N–H and O–H groups in total. The summed E-state index contributed by atoms with van der Waals surface area (Å²) >= 11 is 0. The number of likely N-dealkylation sites (N-methyl/N-ethyl adjacent to an activating group) is 1. The Bertz CT molecular complexity index is 383. The number of rotatable bonds is 4. The summed E-state index contributed by atoms with van der Waals surface area (Å²) in [5.41, 5.74) is 1.08. The molecule has 5 heteroatoms. The summed E-state index contributed by atoms with van der Waals surface area (Å²) in [6.45, 7) is 1.47. The van der Waals surface area contributed by atoms with Gasteiger partial charge in [-0.1, -0.05) is 6.07 Å². The quantitative estimate of drug-likeness (QED) is 0.830. The Morgan fingerprint density at radius 1 is 1.65 bits per heavy atom. The number of aliphatic carboxylic acids is 1. The summed E-state index contributed by atoms with van der Waals surface area (Å²) < 4.78 is 5.25. The van der Waals surface area contributed by atoms with E-state index in [0.29, 0.717) is 19.8 Å². The Kier molecular flexibility index (Phi) is 3.71. The highest BCUT2D eigenvalue weighted by atomic mass is 16.5. The van der Waals surface area contributed by atoms with E-state index < -0.39 is 11.9 Å².